The van der Waals surface area contributed by atoms with Crippen LogP contribution in [0.3, 0.4) is 0 Å². The van der Waals surface area contributed by atoms with Crippen LogP contribution in [0.25, 0.3) is 6.08 Å². The van der Waals surface area contributed by atoms with E-state index in [0.29, 0.717) is 5.69 Å². The molecule has 2 saturated heterocycles. The van der Waals surface area contributed by atoms with Gasteiger partial charge in [0.05, 0.1) is 23.6 Å². The summed E-state index contributed by atoms with van der Waals surface area (Å²) >= 11 is 0. The molecule has 0 spiro atoms. The highest BCUT2D eigenvalue weighted by molar-refractivity contribution is 6.25. The lowest BCUT2D eigenvalue weighted by Crippen LogP contribution is -2.48. The first kappa shape index (κ1) is 18.8. The first-order valence-electron chi connectivity index (χ1n) is 10.3. The summed E-state index contributed by atoms with van der Waals surface area (Å²) in [5.74, 6) is -1.79. The molecule has 0 aliphatic carbocycles. The average molecular weight is 400 g/mol. The minimum absolute atomic E-state index is 0.0844. The number of hydrogen-bond donors (Lipinski definition) is 0. The van der Waals surface area contributed by atoms with E-state index in [1.807, 2.05) is 68.2 Å². The number of aryl methyl sites for hydroxylation is 3. The molecule has 30 heavy (non-hydrogen) atoms. The maximum Gasteiger partial charge on any atom is 0.240 e. The number of ketones is 1. The first-order valence-corrected chi connectivity index (χ1v) is 10.3. The minimum Gasteiger partial charge on any atom is -0.353 e. The van der Waals surface area contributed by atoms with Gasteiger partial charge in [-0.15, -0.1) is 0 Å². The van der Waals surface area contributed by atoms with Gasteiger partial charge in [0.1, 0.15) is 6.04 Å². The number of imide groups is 1. The van der Waals surface area contributed by atoms with Crippen molar-refractivity contribution >= 4 is 35.0 Å². The molecule has 3 aliphatic heterocycles. The van der Waals surface area contributed by atoms with Gasteiger partial charge in [-0.3, -0.25) is 14.4 Å². The summed E-state index contributed by atoms with van der Waals surface area (Å²) in [5, 5.41) is 0. The number of anilines is 2. The summed E-state index contributed by atoms with van der Waals surface area (Å²) in [4.78, 5) is 43.4. The topological polar surface area (TPSA) is 57.7 Å². The number of Topliss-reactive ketones (excluding diaryl/α,β-unsaturated/α-hetero) is 1. The van der Waals surface area contributed by atoms with Crippen molar-refractivity contribution in [3.05, 3.63) is 64.7 Å². The Kier molecular flexibility index (Phi) is 4.01. The van der Waals surface area contributed by atoms with Crippen LogP contribution < -0.4 is 9.80 Å². The highest BCUT2D eigenvalue weighted by Crippen LogP contribution is 2.50. The number of carbonyl (C=O) groups is 3. The van der Waals surface area contributed by atoms with Gasteiger partial charge in [-0.05, 0) is 56.5 Å². The molecule has 152 valence electrons. The molecule has 0 radical (unpaired) electrons. The molecule has 4 unspecified atom stereocenters. The summed E-state index contributed by atoms with van der Waals surface area (Å²) in [6, 6.07) is 10.9. The van der Waals surface area contributed by atoms with E-state index in [2.05, 4.69) is 6.07 Å². The van der Waals surface area contributed by atoms with Crippen LogP contribution in [0.4, 0.5) is 11.4 Å². The largest absolute Gasteiger partial charge is 0.353 e. The number of amides is 2. The number of hydrogen-bond acceptors (Lipinski definition) is 4. The SMILES string of the molecule is CC(=O)C1C2C(=O)N(c3c(C)cccc3C)C(=O)C2C2C=Cc3cc(C)ccc3N21. The van der Waals surface area contributed by atoms with Gasteiger partial charge in [0.25, 0.3) is 0 Å². The molecule has 0 bridgehead atoms. The van der Waals surface area contributed by atoms with Gasteiger partial charge in [-0.2, -0.15) is 0 Å². The molecule has 4 atom stereocenters. The number of rotatable bonds is 2. The highest BCUT2D eigenvalue weighted by atomic mass is 16.2. The number of benzene rings is 2. The van der Waals surface area contributed by atoms with Gasteiger partial charge in [-0.1, -0.05) is 42.0 Å². The molecule has 2 amide bonds. The second-order valence-electron chi connectivity index (χ2n) is 8.68. The van der Waals surface area contributed by atoms with Crippen molar-refractivity contribution < 1.29 is 14.4 Å². The van der Waals surface area contributed by atoms with Crippen molar-refractivity contribution in [2.45, 2.75) is 39.8 Å². The summed E-state index contributed by atoms with van der Waals surface area (Å²) in [6.07, 6.45) is 4.00. The van der Waals surface area contributed by atoms with Crippen molar-refractivity contribution in [3.8, 4) is 0 Å². The van der Waals surface area contributed by atoms with Crippen LogP contribution in [0.1, 0.15) is 29.2 Å². The maximum absolute atomic E-state index is 13.6. The third kappa shape index (κ3) is 2.38. The zero-order valence-corrected chi connectivity index (χ0v) is 17.5. The Hall–Kier alpha value is -3.21. The molecule has 3 aliphatic rings. The smallest absolute Gasteiger partial charge is 0.240 e. The molecular formula is C25H24N2O3. The lowest BCUT2D eigenvalue weighted by atomic mass is 9.88. The molecule has 2 aromatic carbocycles. The van der Waals surface area contributed by atoms with E-state index >= 15 is 0 Å². The van der Waals surface area contributed by atoms with Gasteiger partial charge in [0, 0.05) is 5.69 Å². The monoisotopic (exact) mass is 400 g/mol. The van der Waals surface area contributed by atoms with E-state index in [9.17, 15) is 14.4 Å². The van der Waals surface area contributed by atoms with E-state index in [1.165, 1.54) is 11.8 Å². The van der Waals surface area contributed by atoms with E-state index in [4.69, 9.17) is 0 Å². The molecule has 3 heterocycles. The fraction of sp³-hybridized carbons (Fsp3) is 0.320. The van der Waals surface area contributed by atoms with Gasteiger partial charge in [-0.25, -0.2) is 4.90 Å². The quantitative estimate of drug-likeness (QED) is 0.723. The lowest BCUT2D eigenvalue weighted by molar-refractivity contribution is -0.126. The average Bonchev–Trinajstić information content (AvgIpc) is 3.16. The zero-order chi connectivity index (χ0) is 21.3. The Labute approximate surface area is 176 Å². The Bertz CT molecular complexity index is 1130. The van der Waals surface area contributed by atoms with Crippen molar-refractivity contribution in [1.29, 1.82) is 0 Å². The Morgan fingerprint density at radius 3 is 2.27 bits per heavy atom. The van der Waals surface area contributed by atoms with E-state index in [1.54, 1.807) is 0 Å². The molecule has 2 fully saturated rings. The fourth-order valence-corrected chi connectivity index (χ4v) is 5.53. The number of carbonyl (C=O) groups excluding carboxylic acids is 3. The van der Waals surface area contributed by atoms with Gasteiger partial charge in [0.15, 0.2) is 5.78 Å². The van der Waals surface area contributed by atoms with Crippen LogP contribution in [-0.2, 0) is 14.4 Å². The molecule has 5 rings (SSSR count). The summed E-state index contributed by atoms with van der Waals surface area (Å²) in [7, 11) is 0. The van der Waals surface area contributed by atoms with Gasteiger partial charge >= 0.3 is 0 Å². The molecular weight excluding hydrogens is 376 g/mol. The van der Waals surface area contributed by atoms with Gasteiger partial charge < -0.3 is 4.90 Å². The van der Waals surface area contributed by atoms with Gasteiger partial charge in [0.2, 0.25) is 11.8 Å². The van der Waals surface area contributed by atoms with Crippen LogP contribution >= 0.6 is 0 Å². The minimum atomic E-state index is -0.670. The third-order valence-corrected chi connectivity index (χ3v) is 6.74. The van der Waals surface area contributed by atoms with Crippen LogP contribution in [0, 0.1) is 32.6 Å². The van der Waals surface area contributed by atoms with E-state index < -0.39 is 17.9 Å². The standard InChI is InChI=1S/C25H24N2O3/c1-13-8-10-18-17(12-13)9-11-19-20-21(23(16(4)28)26(18)19)25(30)27(24(20)29)22-14(2)6-5-7-15(22)3/h5-12,19-21,23H,1-4H3. The number of fused-ring (bicyclic) bond motifs is 5. The summed E-state index contributed by atoms with van der Waals surface area (Å²) < 4.78 is 0. The molecule has 0 aromatic heterocycles. The second-order valence-corrected chi connectivity index (χ2v) is 8.68. The zero-order valence-electron chi connectivity index (χ0n) is 17.5. The van der Waals surface area contributed by atoms with Crippen molar-refractivity contribution in [3.63, 3.8) is 0 Å². The Balaban J connectivity index is 1.65. The molecule has 2 aromatic rings. The van der Waals surface area contributed by atoms with E-state index in [0.717, 1.165) is 27.9 Å². The summed E-state index contributed by atoms with van der Waals surface area (Å²) in [6.45, 7) is 7.36. The second kappa shape index (κ2) is 6.39. The predicted molar refractivity (Wildman–Crippen MR) is 116 cm³/mol. The Morgan fingerprint density at radius 2 is 1.60 bits per heavy atom. The van der Waals surface area contributed by atoms with Crippen LogP contribution in [0.5, 0.6) is 0 Å². The van der Waals surface area contributed by atoms with Crippen LogP contribution in [-0.4, -0.2) is 29.7 Å². The van der Waals surface area contributed by atoms with Crippen molar-refractivity contribution in [1.82, 2.24) is 0 Å². The van der Waals surface area contributed by atoms with E-state index in [-0.39, 0.29) is 23.6 Å². The van der Waals surface area contributed by atoms with Crippen LogP contribution in [0.2, 0.25) is 0 Å². The summed E-state index contributed by atoms with van der Waals surface area (Å²) in [5.41, 5.74) is 5.49. The predicted octanol–water partition coefficient (Wildman–Crippen LogP) is 3.59. The highest BCUT2D eigenvalue weighted by Gasteiger charge is 2.63. The molecule has 5 nitrogen and oxygen atoms in total. The Morgan fingerprint density at radius 1 is 0.933 bits per heavy atom. The van der Waals surface area contributed by atoms with Crippen molar-refractivity contribution in [2.24, 2.45) is 11.8 Å². The van der Waals surface area contributed by atoms with Crippen LogP contribution in [0.15, 0.2) is 42.5 Å². The third-order valence-electron chi connectivity index (χ3n) is 6.74. The molecule has 0 N–H and O–H groups in total. The normalized spacial score (nSPS) is 26.7. The van der Waals surface area contributed by atoms with Crippen molar-refractivity contribution in [2.75, 3.05) is 9.80 Å². The number of para-hydroxylation sites is 1. The maximum atomic E-state index is 13.6. The fourth-order valence-electron chi connectivity index (χ4n) is 5.53. The first-order chi connectivity index (χ1) is 14.3. The molecule has 5 heteroatoms. The lowest BCUT2D eigenvalue weighted by Gasteiger charge is -2.36. The molecule has 0 saturated carbocycles. The number of nitrogens with zero attached hydrogens (tertiary/aromatic N) is 2.